The van der Waals surface area contributed by atoms with Crippen LogP contribution >= 0.6 is 0 Å². The largest absolute Gasteiger partial charge is 0.298 e. The van der Waals surface area contributed by atoms with Crippen molar-refractivity contribution in [1.82, 2.24) is 4.98 Å². The Bertz CT molecular complexity index is 799. The number of carbonyl (C=O) groups excluding carboxylic acids is 2. The summed E-state index contributed by atoms with van der Waals surface area (Å²) in [5.74, 6) is -0.822. The van der Waals surface area contributed by atoms with E-state index in [2.05, 4.69) is 4.98 Å². The number of carbonyl (C=O) groups is 2. The van der Waals surface area contributed by atoms with Crippen molar-refractivity contribution in [3.8, 4) is 0 Å². The second-order valence-electron chi connectivity index (χ2n) is 6.00. The maximum absolute atomic E-state index is 14.5. The number of fused-ring (bicyclic) bond motifs is 1. The fourth-order valence-electron chi connectivity index (χ4n) is 2.80. The number of hydrogen-bond donors (Lipinski definition) is 0. The Morgan fingerprint density at radius 2 is 1.95 bits per heavy atom. The van der Waals surface area contributed by atoms with Gasteiger partial charge in [-0.15, -0.1) is 0 Å². The summed E-state index contributed by atoms with van der Waals surface area (Å²) < 4.78 is 14.5. The van der Waals surface area contributed by atoms with Crippen molar-refractivity contribution < 1.29 is 14.0 Å². The van der Waals surface area contributed by atoms with Crippen LogP contribution in [-0.4, -0.2) is 17.2 Å². The third kappa shape index (κ3) is 1.93. The van der Waals surface area contributed by atoms with E-state index in [0.29, 0.717) is 17.5 Å². The lowest BCUT2D eigenvalue weighted by Gasteiger charge is -2.20. The maximum Gasteiger partial charge on any atom is 0.241 e. The van der Waals surface area contributed by atoms with Crippen molar-refractivity contribution in [3.63, 3.8) is 0 Å². The number of aromatic nitrogens is 1. The molecule has 1 aliphatic rings. The first-order chi connectivity index (χ1) is 10.4. The van der Waals surface area contributed by atoms with Crippen LogP contribution in [-0.2, 0) is 10.2 Å². The molecule has 1 aliphatic heterocycles. The molecule has 0 saturated heterocycles. The minimum absolute atomic E-state index is 0.202. The number of aldehydes is 1. The second kappa shape index (κ2) is 4.73. The van der Waals surface area contributed by atoms with E-state index >= 15 is 0 Å². The number of anilines is 2. The number of amides is 1. The van der Waals surface area contributed by atoms with Gasteiger partial charge in [-0.05, 0) is 50.1 Å². The first kappa shape index (κ1) is 14.4. The van der Waals surface area contributed by atoms with Gasteiger partial charge in [0.05, 0.1) is 23.0 Å². The zero-order chi connectivity index (χ0) is 16.1. The lowest BCUT2D eigenvalue weighted by molar-refractivity contribution is -0.121. The molecule has 3 rings (SSSR count). The summed E-state index contributed by atoms with van der Waals surface area (Å²) in [7, 11) is 0. The Morgan fingerprint density at radius 3 is 2.59 bits per heavy atom. The third-order valence-electron chi connectivity index (χ3n) is 3.98. The van der Waals surface area contributed by atoms with E-state index < -0.39 is 11.2 Å². The molecule has 1 aromatic heterocycles. The number of rotatable bonds is 2. The summed E-state index contributed by atoms with van der Waals surface area (Å²) in [6.07, 6.45) is 3.78. The molecule has 0 fully saturated rings. The maximum atomic E-state index is 14.5. The molecule has 0 bridgehead atoms. The molecule has 0 saturated carbocycles. The molecule has 0 aliphatic carbocycles. The molecule has 1 amide bonds. The van der Waals surface area contributed by atoms with Crippen molar-refractivity contribution in [2.45, 2.75) is 26.2 Å². The third-order valence-corrected chi connectivity index (χ3v) is 3.98. The number of nitrogens with zero attached hydrogens (tertiary/aromatic N) is 2. The van der Waals surface area contributed by atoms with Crippen molar-refractivity contribution in [1.29, 1.82) is 0 Å². The minimum Gasteiger partial charge on any atom is -0.298 e. The molecule has 5 heteroatoms. The summed E-state index contributed by atoms with van der Waals surface area (Å²) in [4.78, 5) is 29.2. The first-order valence-corrected chi connectivity index (χ1v) is 6.91. The SMILES string of the molecule is Cc1cncc(N2C(=O)C(C)(C)c3cc(C=O)cc(F)c32)c1. The molecule has 2 heterocycles. The number of pyridine rings is 1. The second-order valence-corrected chi connectivity index (χ2v) is 6.00. The van der Waals surface area contributed by atoms with Crippen LogP contribution in [0.25, 0.3) is 0 Å². The van der Waals surface area contributed by atoms with Gasteiger partial charge in [-0.3, -0.25) is 19.5 Å². The molecule has 4 nitrogen and oxygen atoms in total. The van der Waals surface area contributed by atoms with Gasteiger partial charge in [0.15, 0.2) is 0 Å². The smallest absolute Gasteiger partial charge is 0.241 e. The molecule has 2 aromatic rings. The molecule has 22 heavy (non-hydrogen) atoms. The van der Waals surface area contributed by atoms with Crippen LogP contribution in [0.15, 0.2) is 30.6 Å². The van der Waals surface area contributed by atoms with E-state index in [-0.39, 0.29) is 17.2 Å². The van der Waals surface area contributed by atoms with Crippen LogP contribution in [0, 0.1) is 12.7 Å². The van der Waals surface area contributed by atoms with Gasteiger partial charge in [0.2, 0.25) is 5.91 Å². The zero-order valence-electron chi connectivity index (χ0n) is 12.6. The Hall–Kier alpha value is -2.56. The highest BCUT2D eigenvalue weighted by molar-refractivity contribution is 6.12. The van der Waals surface area contributed by atoms with Crippen LogP contribution in [0.4, 0.5) is 15.8 Å². The normalized spacial score (nSPS) is 15.8. The summed E-state index contributed by atoms with van der Waals surface area (Å²) in [6, 6.07) is 4.51. The molecule has 0 radical (unpaired) electrons. The van der Waals surface area contributed by atoms with E-state index in [1.54, 1.807) is 32.2 Å². The van der Waals surface area contributed by atoms with Crippen LogP contribution in [0.5, 0.6) is 0 Å². The lowest BCUT2D eigenvalue weighted by Crippen LogP contribution is -2.33. The predicted octanol–water partition coefficient (Wildman–Crippen LogP) is 3.30. The Morgan fingerprint density at radius 1 is 1.23 bits per heavy atom. The fourth-order valence-corrected chi connectivity index (χ4v) is 2.80. The molecule has 0 atom stereocenters. The van der Waals surface area contributed by atoms with Gasteiger partial charge in [-0.1, -0.05) is 0 Å². The van der Waals surface area contributed by atoms with Crippen LogP contribution in [0.1, 0.15) is 35.3 Å². The fraction of sp³-hybridized carbons (Fsp3) is 0.235. The van der Waals surface area contributed by atoms with E-state index in [4.69, 9.17) is 0 Å². The molecule has 0 unspecified atom stereocenters. The Labute approximate surface area is 127 Å². The van der Waals surface area contributed by atoms with Gasteiger partial charge in [0.25, 0.3) is 0 Å². The van der Waals surface area contributed by atoms with E-state index in [0.717, 1.165) is 11.6 Å². The van der Waals surface area contributed by atoms with Gasteiger partial charge in [-0.25, -0.2) is 4.39 Å². The quantitative estimate of drug-likeness (QED) is 0.799. The van der Waals surface area contributed by atoms with Crippen molar-refractivity contribution in [3.05, 3.63) is 53.1 Å². The van der Waals surface area contributed by atoms with Gasteiger partial charge < -0.3 is 0 Å². The number of benzene rings is 1. The van der Waals surface area contributed by atoms with Crippen molar-refractivity contribution >= 4 is 23.6 Å². The summed E-state index contributed by atoms with van der Waals surface area (Å²) in [5, 5.41) is 0. The summed E-state index contributed by atoms with van der Waals surface area (Å²) in [6.45, 7) is 5.31. The van der Waals surface area contributed by atoms with E-state index in [1.165, 1.54) is 11.1 Å². The molecule has 0 N–H and O–H groups in total. The highest BCUT2D eigenvalue weighted by atomic mass is 19.1. The zero-order valence-corrected chi connectivity index (χ0v) is 12.6. The summed E-state index contributed by atoms with van der Waals surface area (Å²) >= 11 is 0. The van der Waals surface area contributed by atoms with Gasteiger partial charge >= 0.3 is 0 Å². The van der Waals surface area contributed by atoms with Gasteiger partial charge in [0.1, 0.15) is 12.1 Å². The van der Waals surface area contributed by atoms with Crippen LogP contribution in [0.3, 0.4) is 0 Å². The van der Waals surface area contributed by atoms with E-state index in [1.807, 2.05) is 6.92 Å². The molecule has 0 spiro atoms. The topological polar surface area (TPSA) is 50.3 Å². The van der Waals surface area contributed by atoms with E-state index in [9.17, 15) is 14.0 Å². The minimum atomic E-state index is -0.904. The first-order valence-electron chi connectivity index (χ1n) is 6.91. The van der Waals surface area contributed by atoms with Crippen molar-refractivity contribution in [2.75, 3.05) is 4.90 Å². The van der Waals surface area contributed by atoms with Crippen LogP contribution < -0.4 is 4.90 Å². The molecular weight excluding hydrogens is 283 g/mol. The lowest BCUT2D eigenvalue weighted by atomic mass is 9.85. The number of halogens is 1. The van der Waals surface area contributed by atoms with Crippen molar-refractivity contribution in [2.24, 2.45) is 0 Å². The standard InChI is InChI=1S/C17H15FN2O2/c1-10-4-12(8-19-7-10)20-15-13(17(2,3)16(20)22)5-11(9-21)6-14(15)18/h4-9H,1-3H3. The Balaban J connectivity index is 2.29. The van der Waals surface area contributed by atoms with Gasteiger partial charge in [-0.2, -0.15) is 0 Å². The predicted molar refractivity (Wildman–Crippen MR) is 80.9 cm³/mol. The average Bonchev–Trinajstić information content (AvgIpc) is 2.67. The molecule has 112 valence electrons. The number of hydrogen-bond acceptors (Lipinski definition) is 3. The van der Waals surface area contributed by atoms with Crippen LogP contribution in [0.2, 0.25) is 0 Å². The number of aryl methyl sites for hydroxylation is 1. The highest BCUT2D eigenvalue weighted by Crippen LogP contribution is 2.46. The average molecular weight is 298 g/mol. The van der Waals surface area contributed by atoms with Gasteiger partial charge in [0, 0.05) is 11.8 Å². The molecule has 1 aromatic carbocycles. The Kier molecular flexibility index (Phi) is 3.09. The summed E-state index contributed by atoms with van der Waals surface area (Å²) in [5.41, 5.74) is 1.44. The molecular formula is C17H15FN2O2. The monoisotopic (exact) mass is 298 g/mol. The highest BCUT2D eigenvalue weighted by Gasteiger charge is 2.46.